The zero-order valence-electron chi connectivity index (χ0n) is 13.2. The van der Waals surface area contributed by atoms with Crippen LogP contribution in [0.15, 0.2) is 12.4 Å². The van der Waals surface area contributed by atoms with E-state index in [4.69, 9.17) is 9.47 Å². The zero-order chi connectivity index (χ0) is 16.2. The number of hydrogen-bond acceptors (Lipinski definition) is 7. The number of anilines is 1. The molecule has 2 bridgehead atoms. The van der Waals surface area contributed by atoms with Crippen LogP contribution in [0.5, 0.6) is 0 Å². The number of piperidine rings is 1. The Morgan fingerprint density at radius 3 is 2.61 bits per heavy atom. The molecule has 3 heterocycles. The normalized spacial score (nSPS) is 26.1. The number of ether oxygens (including phenoxy) is 2. The lowest BCUT2D eigenvalue weighted by atomic mass is 10.00. The molecule has 23 heavy (non-hydrogen) atoms. The Balaban J connectivity index is 1.60. The van der Waals surface area contributed by atoms with Gasteiger partial charge in [0.1, 0.15) is 18.1 Å². The zero-order valence-corrected chi connectivity index (χ0v) is 13.2. The number of rotatable bonds is 6. The Morgan fingerprint density at radius 1 is 1.30 bits per heavy atom. The van der Waals surface area contributed by atoms with Crippen LogP contribution in [0.3, 0.4) is 0 Å². The van der Waals surface area contributed by atoms with Crippen molar-refractivity contribution in [3.05, 3.63) is 18.1 Å². The second kappa shape index (κ2) is 7.04. The van der Waals surface area contributed by atoms with E-state index in [9.17, 15) is 9.59 Å². The van der Waals surface area contributed by atoms with Crippen molar-refractivity contribution in [2.75, 3.05) is 18.1 Å². The smallest absolute Gasteiger partial charge is 0.332 e. The van der Waals surface area contributed by atoms with Gasteiger partial charge in [-0.25, -0.2) is 14.8 Å². The van der Waals surface area contributed by atoms with Crippen molar-refractivity contribution in [2.24, 2.45) is 0 Å². The fourth-order valence-corrected chi connectivity index (χ4v) is 3.55. The Hall–Kier alpha value is -2.02. The van der Waals surface area contributed by atoms with Gasteiger partial charge in [0, 0.05) is 12.1 Å². The van der Waals surface area contributed by atoms with Crippen molar-refractivity contribution >= 4 is 18.1 Å². The fourth-order valence-electron chi connectivity index (χ4n) is 3.55. The first-order chi connectivity index (χ1) is 11.2. The molecule has 0 amide bonds. The number of esters is 1. The molecule has 0 spiro atoms. The van der Waals surface area contributed by atoms with Crippen LogP contribution < -0.4 is 4.90 Å². The highest BCUT2D eigenvalue weighted by Gasteiger charge is 2.42. The van der Waals surface area contributed by atoms with Crippen LogP contribution in [0.2, 0.25) is 0 Å². The minimum atomic E-state index is -0.308. The van der Waals surface area contributed by atoms with E-state index in [1.54, 1.807) is 13.1 Å². The number of aromatic nitrogens is 2. The van der Waals surface area contributed by atoms with Crippen molar-refractivity contribution in [2.45, 2.75) is 50.8 Å². The standard InChI is InChI=1S/C16H21N3O4/c1-2-22-16(21)10-23-14-5-12-3-4-13(6-14)19(12)15-8-17-11(9-20)7-18-15/h7-9,12-14H,2-6,10H2,1H3/t12-,13+,14?. The number of carbonyl (C=O) groups is 2. The van der Waals surface area contributed by atoms with Crippen LogP contribution in [0.25, 0.3) is 0 Å². The molecular formula is C16H21N3O4. The predicted molar refractivity (Wildman–Crippen MR) is 82.3 cm³/mol. The van der Waals surface area contributed by atoms with E-state index in [0.717, 1.165) is 31.5 Å². The highest BCUT2D eigenvalue weighted by molar-refractivity contribution is 5.71. The first kappa shape index (κ1) is 15.9. The van der Waals surface area contributed by atoms with Gasteiger partial charge in [-0.05, 0) is 32.6 Å². The summed E-state index contributed by atoms with van der Waals surface area (Å²) in [5.41, 5.74) is 0.341. The first-order valence-electron chi connectivity index (χ1n) is 8.04. The topological polar surface area (TPSA) is 81.6 Å². The summed E-state index contributed by atoms with van der Waals surface area (Å²) in [4.78, 5) is 32.8. The first-order valence-corrected chi connectivity index (χ1v) is 8.04. The van der Waals surface area contributed by atoms with Crippen molar-refractivity contribution in [1.82, 2.24) is 9.97 Å². The molecule has 2 aliphatic heterocycles. The largest absolute Gasteiger partial charge is 0.464 e. The van der Waals surface area contributed by atoms with Gasteiger partial charge in [-0.2, -0.15) is 0 Å². The number of fused-ring (bicyclic) bond motifs is 2. The van der Waals surface area contributed by atoms with Gasteiger partial charge in [-0.1, -0.05) is 0 Å². The molecule has 2 aliphatic rings. The van der Waals surface area contributed by atoms with Crippen LogP contribution in [-0.4, -0.2) is 53.6 Å². The van der Waals surface area contributed by atoms with E-state index < -0.39 is 0 Å². The van der Waals surface area contributed by atoms with E-state index >= 15 is 0 Å². The molecule has 0 radical (unpaired) electrons. The van der Waals surface area contributed by atoms with E-state index in [-0.39, 0.29) is 18.7 Å². The summed E-state index contributed by atoms with van der Waals surface area (Å²) in [5.74, 6) is 0.504. The Kier molecular flexibility index (Phi) is 4.85. The quantitative estimate of drug-likeness (QED) is 0.578. The SMILES string of the molecule is CCOC(=O)COC1C[C@H]2CC[C@@H](C1)N2c1cnc(C=O)cn1. The second-order valence-corrected chi connectivity index (χ2v) is 5.92. The Bertz CT molecular complexity index is 549. The lowest BCUT2D eigenvalue weighted by Gasteiger charge is -2.39. The number of carbonyl (C=O) groups excluding carboxylic acids is 2. The van der Waals surface area contributed by atoms with Gasteiger partial charge in [0.25, 0.3) is 0 Å². The summed E-state index contributed by atoms with van der Waals surface area (Å²) in [6, 6.07) is 0.689. The van der Waals surface area contributed by atoms with Gasteiger partial charge in [-0.15, -0.1) is 0 Å². The molecule has 1 unspecified atom stereocenters. The molecular weight excluding hydrogens is 298 g/mol. The Labute approximate surface area is 135 Å². The molecule has 2 fully saturated rings. The number of hydrogen-bond donors (Lipinski definition) is 0. The summed E-state index contributed by atoms with van der Waals surface area (Å²) in [5, 5.41) is 0. The van der Waals surface area contributed by atoms with Gasteiger partial charge in [-0.3, -0.25) is 4.79 Å². The molecule has 0 saturated carbocycles. The van der Waals surface area contributed by atoms with Crippen LogP contribution >= 0.6 is 0 Å². The monoisotopic (exact) mass is 319 g/mol. The third-order valence-electron chi connectivity index (χ3n) is 4.48. The van der Waals surface area contributed by atoms with E-state index in [1.165, 1.54) is 6.20 Å². The maximum atomic E-state index is 11.4. The second-order valence-electron chi connectivity index (χ2n) is 5.92. The molecule has 0 N–H and O–H groups in total. The maximum Gasteiger partial charge on any atom is 0.332 e. The van der Waals surface area contributed by atoms with Crippen LogP contribution in [0.4, 0.5) is 5.82 Å². The highest BCUT2D eigenvalue weighted by atomic mass is 16.6. The van der Waals surface area contributed by atoms with Gasteiger partial charge in [0.2, 0.25) is 0 Å². The van der Waals surface area contributed by atoms with Gasteiger partial charge < -0.3 is 14.4 Å². The molecule has 1 aromatic heterocycles. The summed E-state index contributed by atoms with van der Waals surface area (Å²) >= 11 is 0. The number of aldehydes is 1. The van der Waals surface area contributed by atoms with Crippen LogP contribution in [-0.2, 0) is 14.3 Å². The molecule has 3 rings (SSSR count). The third kappa shape index (κ3) is 3.50. The molecule has 0 aromatic carbocycles. The molecule has 2 saturated heterocycles. The van der Waals surface area contributed by atoms with Gasteiger partial charge in [0.05, 0.1) is 25.1 Å². The third-order valence-corrected chi connectivity index (χ3v) is 4.48. The van der Waals surface area contributed by atoms with E-state index in [2.05, 4.69) is 14.9 Å². The minimum Gasteiger partial charge on any atom is -0.464 e. The van der Waals surface area contributed by atoms with E-state index in [1.807, 2.05) is 0 Å². The average Bonchev–Trinajstić information content (AvgIpc) is 2.83. The molecule has 3 atom stereocenters. The molecule has 7 nitrogen and oxygen atoms in total. The minimum absolute atomic E-state index is 0.0196. The number of nitrogens with zero attached hydrogens (tertiary/aromatic N) is 3. The lowest BCUT2D eigenvalue weighted by Crippen LogP contribution is -2.46. The van der Waals surface area contributed by atoms with Gasteiger partial charge >= 0.3 is 5.97 Å². The van der Waals surface area contributed by atoms with E-state index in [0.29, 0.717) is 30.7 Å². The van der Waals surface area contributed by atoms with Crippen molar-refractivity contribution in [3.8, 4) is 0 Å². The maximum absolute atomic E-state index is 11.4. The molecule has 124 valence electrons. The molecule has 0 aliphatic carbocycles. The van der Waals surface area contributed by atoms with Crippen LogP contribution in [0.1, 0.15) is 43.1 Å². The summed E-state index contributed by atoms with van der Waals surface area (Å²) < 4.78 is 10.6. The summed E-state index contributed by atoms with van der Waals surface area (Å²) in [7, 11) is 0. The lowest BCUT2D eigenvalue weighted by molar-refractivity contribution is -0.151. The summed E-state index contributed by atoms with van der Waals surface area (Å²) in [6.45, 7) is 2.18. The molecule has 1 aromatic rings. The fraction of sp³-hybridized carbons (Fsp3) is 0.625. The Morgan fingerprint density at radius 2 is 2.04 bits per heavy atom. The van der Waals surface area contributed by atoms with Crippen molar-refractivity contribution in [1.29, 1.82) is 0 Å². The highest BCUT2D eigenvalue weighted by Crippen LogP contribution is 2.39. The summed E-state index contributed by atoms with van der Waals surface area (Å²) in [6.07, 6.45) is 7.85. The van der Waals surface area contributed by atoms with Gasteiger partial charge in [0.15, 0.2) is 6.29 Å². The van der Waals surface area contributed by atoms with Crippen molar-refractivity contribution < 1.29 is 19.1 Å². The van der Waals surface area contributed by atoms with Crippen LogP contribution in [0, 0.1) is 0 Å². The van der Waals surface area contributed by atoms with Crippen molar-refractivity contribution in [3.63, 3.8) is 0 Å². The molecule has 7 heteroatoms. The average molecular weight is 319 g/mol. The predicted octanol–water partition coefficient (Wildman–Crippen LogP) is 1.37.